The van der Waals surface area contributed by atoms with Crippen LogP contribution in [0.5, 0.6) is 5.75 Å². The SMILES string of the molecule is CC(C)(C)OC(=O)NC/C(=C\F)COc1ccc2nc(NCc3ccncc3)oc2c1. The predicted molar refractivity (Wildman–Crippen MR) is 114 cm³/mol. The first-order valence-electron chi connectivity index (χ1n) is 9.73. The van der Waals surface area contributed by atoms with Gasteiger partial charge in [0.2, 0.25) is 0 Å². The van der Waals surface area contributed by atoms with E-state index in [0.717, 1.165) is 5.56 Å². The summed E-state index contributed by atoms with van der Waals surface area (Å²) >= 11 is 0. The zero-order chi connectivity index (χ0) is 22.3. The summed E-state index contributed by atoms with van der Waals surface area (Å²) in [5.74, 6) is 0.487. The highest BCUT2D eigenvalue weighted by Gasteiger charge is 2.16. The van der Waals surface area contributed by atoms with Crippen LogP contribution in [0.15, 0.2) is 59.0 Å². The summed E-state index contributed by atoms with van der Waals surface area (Å²) in [6.07, 6.45) is 3.22. The Morgan fingerprint density at radius 1 is 1.23 bits per heavy atom. The number of halogens is 1. The Kier molecular flexibility index (Phi) is 7.07. The first-order chi connectivity index (χ1) is 14.8. The molecule has 3 aromatic rings. The Balaban J connectivity index is 1.53. The number of rotatable bonds is 8. The molecule has 0 bridgehead atoms. The summed E-state index contributed by atoms with van der Waals surface area (Å²) in [5, 5.41) is 5.61. The lowest BCUT2D eigenvalue weighted by Gasteiger charge is -2.20. The fraction of sp³-hybridized carbons (Fsp3) is 0.318. The number of nitrogens with zero attached hydrogens (tertiary/aromatic N) is 2. The van der Waals surface area contributed by atoms with Gasteiger partial charge in [0.15, 0.2) is 5.58 Å². The molecule has 164 valence electrons. The molecule has 0 fully saturated rings. The Morgan fingerprint density at radius 2 is 2.00 bits per heavy atom. The maximum Gasteiger partial charge on any atom is 0.407 e. The number of carbonyl (C=O) groups excluding carboxylic acids is 1. The van der Waals surface area contributed by atoms with Gasteiger partial charge in [-0.2, -0.15) is 4.98 Å². The molecular weight excluding hydrogens is 403 g/mol. The third kappa shape index (κ3) is 6.98. The van der Waals surface area contributed by atoms with E-state index in [9.17, 15) is 9.18 Å². The van der Waals surface area contributed by atoms with E-state index >= 15 is 0 Å². The van der Waals surface area contributed by atoms with Crippen LogP contribution in [0, 0.1) is 0 Å². The normalized spacial score (nSPS) is 11.9. The van der Waals surface area contributed by atoms with Crippen molar-refractivity contribution in [2.45, 2.75) is 32.9 Å². The second-order valence-corrected chi connectivity index (χ2v) is 7.77. The van der Waals surface area contributed by atoms with E-state index in [2.05, 4.69) is 20.6 Å². The molecule has 9 heteroatoms. The van der Waals surface area contributed by atoms with E-state index in [1.165, 1.54) is 0 Å². The minimum absolute atomic E-state index is 0.0287. The second kappa shape index (κ2) is 9.92. The fourth-order valence-corrected chi connectivity index (χ4v) is 2.55. The third-order valence-electron chi connectivity index (χ3n) is 3.99. The minimum atomic E-state index is -0.626. The molecule has 0 atom stereocenters. The number of hydrogen-bond acceptors (Lipinski definition) is 7. The smallest absolute Gasteiger partial charge is 0.407 e. The quantitative estimate of drug-likeness (QED) is 0.541. The number of carbonyl (C=O) groups is 1. The molecule has 0 spiro atoms. The van der Waals surface area contributed by atoms with Crippen LogP contribution >= 0.6 is 0 Å². The van der Waals surface area contributed by atoms with Crippen molar-refractivity contribution in [2.24, 2.45) is 0 Å². The van der Waals surface area contributed by atoms with Crippen LogP contribution in [-0.4, -0.2) is 34.8 Å². The number of anilines is 1. The lowest BCUT2D eigenvalue weighted by atomic mass is 10.2. The summed E-state index contributed by atoms with van der Waals surface area (Å²) in [5.41, 5.74) is 1.87. The number of nitrogens with one attached hydrogen (secondary N) is 2. The number of oxazole rings is 1. The van der Waals surface area contributed by atoms with Crippen LogP contribution in [0.4, 0.5) is 15.2 Å². The van der Waals surface area contributed by atoms with Crippen molar-refractivity contribution in [1.29, 1.82) is 0 Å². The Bertz CT molecular complexity index is 1040. The maximum absolute atomic E-state index is 13.2. The molecule has 1 aromatic carbocycles. The molecule has 0 aliphatic rings. The second-order valence-electron chi connectivity index (χ2n) is 7.77. The van der Waals surface area contributed by atoms with Gasteiger partial charge in [-0.15, -0.1) is 0 Å². The van der Waals surface area contributed by atoms with E-state index in [1.807, 2.05) is 12.1 Å². The molecule has 2 heterocycles. The maximum atomic E-state index is 13.2. The molecule has 0 unspecified atom stereocenters. The Morgan fingerprint density at radius 3 is 2.71 bits per heavy atom. The highest BCUT2D eigenvalue weighted by molar-refractivity contribution is 5.76. The van der Waals surface area contributed by atoms with Crippen molar-refractivity contribution >= 4 is 23.2 Å². The average Bonchev–Trinajstić information content (AvgIpc) is 3.14. The standard InChI is InChI=1S/C22H25FN4O4/c1-22(2,3)31-21(28)26-13-16(11-23)14-29-17-4-5-18-19(10-17)30-20(27-18)25-12-15-6-8-24-9-7-15/h4-11H,12-14H2,1-3H3,(H,25,27)(H,26,28)/b16-11+. The van der Waals surface area contributed by atoms with Gasteiger partial charge < -0.3 is 24.5 Å². The number of pyridine rings is 1. The van der Waals surface area contributed by atoms with Gasteiger partial charge in [-0.1, -0.05) is 0 Å². The Labute approximate surface area is 179 Å². The van der Waals surface area contributed by atoms with Crippen LogP contribution in [0.1, 0.15) is 26.3 Å². The monoisotopic (exact) mass is 428 g/mol. The number of alkyl carbamates (subject to hydrolysis) is 1. The fourth-order valence-electron chi connectivity index (χ4n) is 2.55. The minimum Gasteiger partial charge on any atom is -0.489 e. The average molecular weight is 428 g/mol. The first-order valence-corrected chi connectivity index (χ1v) is 9.73. The molecule has 2 aromatic heterocycles. The van der Waals surface area contributed by atoms with Gasteiger partial charge in [0, 0.05) is 37.1 Å². The van der Waals surface area contributed by atoms with E-state index in [4.69, 9.17) is 13.9 Å². The number of ether oxygens (including phenoxy) is 2. The highest BCUT2D eigenvalue weighted by Crippen LogP contribution is 2.24. The summed E-state index contributed by atoms with van der Waals surface area (Å²) in [4.78, 5) is 20.1. The lowest BCUT2D eigenvalue weighted by Crippen LogP contribution is -2.34. The van der Waals surface area contributed by atoms with Gasteiger partial charge >= 0.3 is 6.09 Å². The van der Waals surface area contributed by atoms with Gasteiger partial charge in [-0.25, -0.2) is 9.18 Å². The van der Waals surface area contributed by atoms with Gasteiger partial charge in [0.05, 0.1) is 6.33 Å². The van der Waals surface area contributed by atoms with Crippen molar-refractivity contribution in [3.05, 3.63) is 60.2 Å². The largest absolute Gasteiger partial charge is 0.489 e. The topological polar surface area (TPSA) is 98.5 Å². The van der Waals surface area contributed by atoms with Crippen LogP contribution in [0.25, 0.3) is 11.1 Å². The molecule has 3 rings (SSSR count). The summed E-state index contributed by atoms with van der Waals surface area (Å²) in [6, 6.07) is 9.33. The van der Waals surface area contributed by atoms with E-state index in [-0.39, 0.29) is 18.7 Å². The van der Waals surface area contributed by atoms with Crippen LogP contribution < -0.4 is 15.4 Å². The Hall–Kier alpha value is -3.62. The van der Waals surface area contributed by atoms with Crippen LogP contribution in [-0.2, 0) is 11.3 Å². The van der Waals surface area contributed by atoms with E-state index in [1.54, 1.807) is 51.4 Å². The lowest BCUT2D eigenvalue weighted by molar-refractivity contribution is 0.0531. The zero-order valence-corrected chi connectivity index (χ0v) is 17.6. The van der Waals surface area contributed by atoms with Gasteiger partial charge in [0.25, 0.3) is 6.01 Å². The van der Waals surface area contributed by atoms with Crippen LogP contribution in [0.3, 0.4) is 0 Å². The van der Waals surface area contributed by atoms with Crippen molar-refractivity contribution in [2.75, 3.05) is 18.5 Å². The molecule has 31 heavy (non-hydrogen) atoms. The van der Waals surface area contributed by atoms with Crippen molar-refractivity contribution in [3.63, 3.8) is 0 Å². The predicted octanol–water partition coefficient (Wildman–Crippen LogP) is 4.59. The van der Waals surface area contributed by atoms with Crippen molar-refractivity contribution < 1.29 is 23.1 Å². The molecule has 0 saturated carbocycles. The zero-order valence-electron chi connectivity index (χ0n) is 17.6. The molecule has 2 N–H and O–H groups in total. The molecule has 0 radical (unpaired) electrons. The molecular formula is C22H25FN4O4. The van der Waals surface area contributed by atoms with E-state index < -0.39 is 11.7 Å². The number of hydrogen-bond donors (Lipinski definition) is 2. The molecule has 0 saturated heterocycles. The van der Waals surface area contributed by atoms with Crippen molar-refractivity contribution in [3.8, 4) is 5.75 Å². The molecule has 8 nitrogen and oxygen atoms in total. The van der Waals surface area contributed by atoms with Crippen molar-refractivity contribution in [1.82, 2.24) is 15.3 Å². The first kappa shape index (κ1) is 22.1. The number of aromatic nitrogens is 2. The summed E-state index contributed by atoms with van der Waals surface area (Å²) < 4.78 is 29.6. The van der Waals surface area contributed by atoms with E-state index in [0.29, 0.717) is 35.7 Å². The summed E-state index contributed by atoms with van der Waals surface area (Å²) in [7, 11) is 0. The van der Waals surface area contributed by atoms with Crippen LogP contribution in [0.2, 0.25) is 0 Å². The number of fused-ring (bicyclic) bond motifs is 1. The molecule has 0 aliphatic carbocycles. The number of benzene rings is 1. The summed E-state index contributed by atoms with van der Waals surface area (Å²) in [6.45, 7) is 5.73. The molecule has 0 aliphatic heterocycles. The van der Waals surface area contributed by atoms with Gasteiger partial charge in [-0.3, -0.25) is 4.98 Å². The number of amides is 1. The van der Waals surface area contributed by atoms with Gasteiger partial charge in [0.1, 0.15) is 23.5 Å². The van der Waals surface area contributed by atoms with Gasteiger partial charge in [-0.05, 0) is 50.6 Å². The molecule has 1 amide bonds. The third-order valence-corrected chi connectivity index (χ3v) is 3.99. The highest BCUT2D eigenvalue weighted by atomic mass is 19.1.